The topological polar surface area (TPSA) is 21.3 Å². The number of thiophene rings is 1. The summed E-state index contributed by atoms with van der Waals surface area (Å²) in [4.78, 5) is 1.35. The van der Waals surface area contributed by atoms with E-state index in [0.717, 1.165) is 11.0 Å². The Balaban J connectivity index is 1.87. The predicted octanol–water partition coefficient (Wildman–Crippen LogP) is 3.93. The molecule has 2 unspecified atom stereocenters. The molecule has 1 saturated carbocycles. The van der Waals surface area contributed by atoms with Gasteiger partial charge in [0.15, 0.2) is 0 Å². The number of methoxy groups -OCH3 is 1. The summed E-state index contributed by atoms with van der Waals surface area (Å²) in [6, 6.07) is 2.68. The van der Waals surface area contributed by atoms with Gasteiger partial charge in [-0.1, -0.05) is 0 Å². The maximum Gasteiger partial charge on any atom is 0.0843 e. The lowest BCUT2D eigenvalue weighted by molar-refractivity contribution is 0.0848. The van der Waals surface area contributed by atoms with Gasteiger partial charge in [-0.15, -0.1) is 11.3 Å². The molecule has 1 N–H and O–H groups in total. The molecule has 1 aliphatic carbocycles. The minimum Gasteiger partial charge on any atom is -0.380 e. The Bertz CT molecular complexity index is 336. The molecule has 0 aromatic carbocycles. The molecule has 2 rings (SSSR count). The van der Waals surface area contributed by atoms with Gasteiger partial charge in [-0.3, -0.25) is 0 Å². The Morgan fingerprint density at radius 1 is 1.50 bits per heavy atom. The molecule has 2 nitrogen and oxygen atoms in total. The summed E-state index contributed by atoms with van der Waals surface area (Å²) in [5, 5.41) is 3.58. The van der Waals surface area contributed by atoms with Crippen molar-refractivity contribution >= 4 is 43.2 Å². The Kier molecular flexibility index (Phi) is 4.85. The van der Waals surface area contributed by atoms with Gasteiger partial charge in [0, 0.05) is 29.0 Å². The number of hydrogen-bond donors (Lipinski definition) is 1. The van der Waals surface area contributed by atoms with Gasteiger partial charge in [0.25, 0.3) is 0 Å². The van der Waals surface area contributed by atoms with Crippen molar-refractivity contribution < 1.29 is 4.74 Å². The minimum atomic E-state index is 0.395. The highest BCUT2D eigenvalue weighted by atomic mass is 79.9. The van der Waals surface area contributed by atoms with Gasteiger partial charge in [0.1, 0.15) is 0 Å². The van der Waals surface area contributed by atoms with Crippen LogP contribution in [0.15, 0.2) is 14.3 Å². The van der Waals surface area contributed by atoms with Gasteiger partial charge >= 0.3 is 0 Å². The molecule has 0 spiro atoms. The molecule has 1 heterocycles. The van der Waals surface area contributed by atoms with Gasteiger partial charge in [-0.25, -0.2) is 0 Å². The molecule has 1 fully saturated rings. The van der Waals surface area contributed by atoms with Gasteiger partial charge in [0.05, 0.1) is 9.89 Å². The second kappa shape index (κ2) is 5.96. The third-order valence-corrected chi connectivity index (χ3v) is 6.25. The summed E-state index contributed by atoms with van der Waals surface area (Å²) >= 11 is 8.79. The van der Waals surface area contributed by atoms with E-state index in [9.17, 15) is 0 Å². The SMILES string of the molecule is COC1CCCC1NCc1cc(Br)c(Br)s1. The molecule has 0 radical (unpaired) electrons. The third kappa shape index (κ3) is 3.07. The first-order valence-electron chi connectivity index (χ1n) is 5.40. The van der Waals surface area contributed by atoms with E-state index in [-0.39, 0.29) is 0 Å². The summed E-state index contributed by atoms with van der Waals surface area (Å²) in [5.74, 6) is 0. The highest BCUT2D eigenvalue weighted by molar-refractivity contribution is 9.13. The number of nitrogens with one attached hydrogen (secondary N) is 1. The fourth-order valence-electron chi connectivity index (χ4n) is 2.15. The van der Waals surface area contributed by atoms with E-state index in [0.29, 0.717) is 12.1 Å². The van der Waals surface area contributed by atoms with Crippen LogP contribution in [-0.2, 0) is 11.3 Å². The molecule has 16 heavy (non-hydrogen) atoms. The number of ether oxygens (including phenoxy) is 1. The van der Waals surface area contributed by atoms with Crippen LogP contribution in [-0.4, -0.2) is 19.3 Å². The van der Waals surface area contributed by atoms with Gasteiger partial charge < -0.3 is 10.1 Å². The first-order chi connectivity index (χ1) is 7.70. The normalized spacial score (nSPS) is 25.2. The fraction of sp³-hybridized carbons (Fsp3) is 0.636. The van der Waals surface area contributed by atoms with Crippen LogP contribution in [0.1, 0.15) is 24.1 Å². The molecule has 1 aromatic heterocycles. The lowest BCUT2D eigenvalue weighted by Crippen LogP contribution is -2.36. The van der Waals surface area contributed by atoms with Gasteiger partial charge in [-0.05, 0) is 57.2 Å². The smallest absolute Gasteiger partial charge is 0.0843 e. The summed E-state index contributed by atoms with van der Waals surface area (Å²) in [5.41, 5.74) is 0. The second-order valence-electron chi connectivity index (χ2n) is 4.03. The Hall–Kier alpha value is 0.580. The van der Waals surface area contributed by atoms with Crippen LogP contribution in [0, 0.1) is 0 Å². The standard InChI is InChI=1S/C11H15Br2NOS/c1-15-10-4-2-3-9(10)14-6-7-5-8(12)11(13)16-7/h5,9-10,14H,2-4,6H2,1H3. The van der Waals surface area contributed by atoms with Crippen molar-refractivity contribution in [3.63, 3.8) is 0 Å². The second-order valence-corrected chi connectivity index (χ2v) is 7.34. The van der Waals surface area contributed by atoms with Crippen molar-refractivity contribution in [2.45, 2.75) is 38.0 Å². The molecule has 0 amide bonds. The summed E-state index contributed by atoms with van der Waals surface area (Å²) < 4.78 is 7.77. The van der Waals surface area contributed by atoms with E-state index in [4.69, 9.17) is 4.74 Å². The van der Waals surface area contributed by atoms with E-state index in [1.54, 1.807) is 11.3 Å². The molecular formula is C11H15Br2NOS. The van der Waals surface area contributed by atoms with E-state index in [2.05, 4.69) is 43.2 Å². The summed E-state index contributed by atoms with van der Waals surface area (Å²) in [6.07, 6.45) is 4.08. The Morgan fingerprint density at radius 3 is 2.94 bits per heavy atom. The lowest BCUT2D eigenvalue weighted by Gasteiger charge is -2.19. The number of rotatable bonds is 4. The van der Waals surface area contributed by atoms with E-state index >= 15 is 0 Å². The molecule has 1 aliphatic rings. The van der Waals surface area contributed by atoms with Crippen molar-refractivity contribution in [1.29, 1.82) is 0 Å². The van der Waals surface area contributed by atoms with Crippen molar-refractivity contribution in [1.82, 2.24) is 5.32 Å². The Labute approximate surface area is 117 Å². The zero-order chi connectivity index (χ0) is 11.5. The monoisotopic (exact) mass is 367 g/mol. The highest BCUT2D eigenvalue weighted by Gasteiger charge is 2.26. The van der Waals surface area contributed by atoms with Crippen LogP contribution < -0.4 is 5.32 Å². The first kappa shape index (κ1) is 13.0. The van der Waals surface area contributed by atoms with Crippen LogP contribution >= 0.6 is 43.2 Å². The highest BCUT2D eigenvalue weighted by Crippen LogP contribution is 2.32. The van der Waals surface area contributed by atoms with Crippen LogP contribution in [0.2, 0.25) is 0 Å². The van der Waals surface area contributed by atoms with Crippen molar-refractivity contribution in [2.75, 3.05) is 7.11 Å². The summed E-state index contributed by atoms with van der Waals surface area (Å²) in [6.45, 7) is 0.930. The summed E-state index contributed by atoms with van der Waals surface area (Å²) in [7, 11) is 1.81. The van der Waals surface area contributed by atoms with E-state index in [1.807, 2.05) is 7.11 Å². The van der Waals surface area contributed by atoms with Gasteiger partial charge in [0.2, 0.25) is 0 Å². The minimum absolute atomic E-state index is 0.395. The van der Waals surface area contributed by atoms with Crippen LogP contribution in [0.4, 0.5) is 0 Å². The zero-order valence-electron chi connectivity index (χ0n) is 9.13. The quantitative estimate of drug-likeness (QED) is 0.869. The first-order valence-corrected chi connectivity index (χ1v) is 7.81. The zero-order valence-corrected chi connectivity index (χ0v) is 13.1. The molecule has 2 atom stereocenters. The van der Waals surface area contributed by atoms with Crippen molar-refractivity contribution in [3.05, 3.63) is 19.2 Å². The van der Waals surface area contributed by atoms with Crippen molar-refractivity contribution in [2.24, 2.45) is 0 Å². The molecule has 0 saturated heterocycles. The van der Waals surface area contributed by atoms with E-state index < -0.39 is 0 Å². The largest absolute Gasteiger partial charge is 0.380 e. The average Bonchev–Trinajstić information content (AvgIpc) is 2.83. The van der Waals surface area contributed by atoms with Crippen LogP contribution in [0.3, 0.4) is 0 Å². The molecule has 0 bridgehead atoms. The van der Waals surface area contributed by atoms with Crippen molar-refractivity contribution in [3.8, 4) is 0 Å². The molecule has 90 valence electrons. The maximum absolute atomic E-state index is 5.46. The number of halogens is 2. The maximum atomic E-state index is 5.46. The fourth-order valence-corrected chi connectivity index (χ4v) is 4.28. The van der Waals surface area contributed by atoms with Gasteiger partial charge in [-0.2, -0.15) is 0 Å². The van der Waals surface area contributed by atoms with Crippen LogP contribution in [0.5, 0.6) is 0 Å². The lowest BCUT2D eigenvalue weighted by atomic mass is 10.2. The predicted molar refractivity (Wildman–Crippen MR) is 75.0 cm³/mol. The third-order valence-electron chi connectivity index (χ3n) is 2.99. The number of hydrogen-bond acceptors (Lipinski definition) is 3. The molecule has 1 aromatic rings. The molecule has 0 aliphatic heterocycles. The molecule has 5 heteroatoms. The van der Waals surface area contributed by atoms with E-state index in [1.165, 1.54) is 27.9 Å². The van der Waals surface area contributed by atoms with Crippen LogP contribution in [0.25, 0.3) is 0 Å². The average molecular weight is 369 g/mol. The molecular weight excluding hydrogens is 354 g/mol. The Morgan fingerprint density at radius 2 is 2.31 bits per heavy atom.